The minimum Gasteiger partial charge on any atom is -0.448 e. The molecule has 1 atom stereocenters. The van der Waals surface area contributed by atoms with Gasteiger partial charge in [0.05, 0.1) is 11.4 Å². The van der Waals surface area contributed by atoms with E-state index >= 15 is 0 Å². The number of hydrogen-bond acceptors (Lipinski definition) is 3. The van der Waals surface area contributed by atoms with Gasteiger partial charge >= 0.3 is 0 Å². The van der Waals surface area contributed by atoms with Gasteiger partial charge in [-0.05, 0) is 11.1 Å². The fourth-order valence-electron chi connectivity index (χ4n) is 2.24. The molecule has 22 heavy (non-hydrogen) atoms. The lowest BCUT2D eigenvalue weighted by molar-refractivity contribution is 0.506. The number of hydrogen-bond donors (Lipinski definition) is 0. The quantitative estimate of drug-likeness (QED) is 0.697. The van der Waals surface area contributed by atoms with Crippen LogP contribution in [-0.4, -0.2) is 9.19 Å². The summed E-state index contributed by atoms with van der Waals surface area (Å²) in [7, 11) is -0.978. The van der Waals surface area contributed by atoms with Crippen LogP contribution in [0.5, 0.6) is 0 Å². The third-order valence-electron chi connectivity index (χ3n) is 3.28. The predicted molar refractivity (Wildman–Crippen MR) is 87.7 cm³/mol. The Morgan fingerprint density at radius 2 is 1.50 bits per heavy atom. The predicted octanol–water partition coefficient (Wildman–Crippen LogP) is 3.71. The van der Waals surface area contributed by atoms with Gasteiger partial charge in [-0.2, -0.15) is 0 Å². The molecule has 112 valence electrons. The normalized spacial score (nSPS) is 12.2. The minimum absolute atomic E-state index is 0.424. The van der Waals surface area contributed by atoms with Crippen LogP contribution in [0, 0.1) is 0 Å². The van der Waals surface area contributed by atoms with Crippen molar-refractivity contribution in [3.63, 3.8) is 0 Å². The van der Waals surface area contributed by atoms with E-state index in [2.05, 4.69) is 4.98 Å². The molecule has 0 radical (unpaired) electrons. The van der Waals surface area contributed by atoms with E-state index in [0.717, 1.165) is 16.8 Å². The molecule has 0 aliphatic carbocycles. The van der Waals surface area contributed by atoms with E-state index in [4.69, 9.17) is 4.42 Å². The Morgan fingerprint density at radius 3 is 2.18 bits per heavy atom. The molecule has 2 aromatic carbocycles. The van der Waals surface area contributed by atoms with Crippen LogP contribution in [0.3, 0.4) is 0 Å². The van der Waals surface area contributed by atoms with Crippen molar-refractivity contribution in [1.29, 1.82) is 0 Å². The van der Waals surface area contributed by atoms with Crippen LogP contribution in [0.15, 0.2) is 71.3 Å². The zero-order valence-corrected chi connectivity index (χ0v) is 13.0. The van der Waals surface area contributed by atoms with Gasteiger partial charge in [-0.25, -0.2) is 4.98 Å². The Balaban J connectivity index is 1.58. The van der Waals surface area contributed by atoms with Crippen LogP contribution in [-0.2, 0) is 28.7 Å². The van der Waals surface area contributed by atoms with Crippen molar-refractivity contribution in [2.75, 3.05) is 0 Å². The summed E-state index contributed by atoms with van der Waals surface area (Å²) in [5, 5.41) is 0. The van der Waals surface area contributed by atoms with Crippen molar-refractivity contribution in [1.82, 2.24) is 4.98 Å². The minimum atomic E-state index is -0.978. The maximum absolute atomic E-state index is 12.2. The molecule has 0 aliphatic heterocycles. The molecule has 0 saturated heterocycles. The van der Waals surface area contributed by atoms with Gasteiger partial charge in [0.25, 0.3) is 0 Å². The zero-order chi connectivity index (χ0) is 15.2. The van der Waals surface area contributed by atoms with Gasteiger partial charge in [0.2, 0.25) is 0 Å². The summed E-state index contributed by atoms with van der Waals surface area (Å²) < 4.78 is 17.7. The zero-order valence-electron chi connectivity index (χ0n) is 12.1. The fourth-order valence-corrected chi connectivity index (χ4v) is 3.37. The monoisotopic (exact) mass is 311 g/mol. The molecule has 3 nitrogen and oxygen atoms in total. The van der Waals surface area contributed by atoms with Gasteiger partial charge in [-0.3, -0.25) is 4.21 Å². The smallest absolute Gasteiger partial charge is 0.198 e. The maximum Gasteiger partial charge on any atom is 0.198 e. The molecule has 1 unspecified atom stereocenters. The second-order valence-electron chi connectivity index (χ2n) is 5.11. The number of nitrogens with zero attached hydrogens (tertiary/aromatic N) is 1. The molecule has 0 spiro atoms. The molecule has 0 amide bonds. The Kier molecular flexibility index (Phi) is 4.81. The van der Waals surface area contributed by atoms with E-state index in [-0.39, 0.29) is 0 Å². The highest BCUT2D eigenvalue weighted by Crippen LogP contribution is 2.12. The van der Waals surface area contributed by atoms with E-state index in [1.54, 1.807) is 6.26 Å². The Labute approximate surface area is 132 Å². The fraction of sp³-hybridized carbons (Fsp3) is 0.167. The van der Waals surface area contributed by atoms with Crippen LogP contribution >= 0.6 is 0 Å². The summed E-state index contributed by atoms with van der Waals surface area (Å²) in [6.07, 6.45) is 2.27. The van der Waals surface area contributed by atoms with E-state index < -0.39 is 10.8 Å². The first-order chi connectivity index (χ1) is 10.8. The lowest BCUT2D eigenvalue weighted by Crippen LogP contribution is -2.00. The van der Waals surface area contributed by atoms with Gasteiger partial charge in [-0.15, -0.1) is 0 Å². The summed E-state index contributed by atoms with van der Waals surface area (Å²) in [4.78, 5) is 4.43. The Bertz CT molecular complexity index is 738. The van der Waals surface area contributed by atoms with Crippen LogP contribution in [0.4, 0.5) is 0 Å². The molecular formula is C18H17NO2S. The first-order valence-corrected chi connectivity index (χ1v) is 8.64. The maximum atomic E-state index is 12.2. The van der Waals surface area contributed by atoms with Gasteiger partial charge in [0.15, 0.2) is 5.89 Å². The molecule has 0 fully saturated rings. The summed E-state index contributed by atoms with van der Waals surface area (Å²) >= 11 is 0. The lowest BCUT2D eigenvalue weighted by Gasteiger charge is -2.00. The molecule has 3 rings (SSSR count). The number of aromatic nitrogens is 1. The van der Waals surface area contributed by atoms with Crippen LogP contribution in [0.2, 0.25) is 0 Å². The lowest BCUT2D eigenvalue weighted by atomic mass is 10.1. The van der Waals surface area contributed by atoms with Crippen LogP contribution < -0.4 is 0 Å². The number of benzene rings is 2. The van der Waals surface area contributed by atoms with Crippen LogP contribution in [0.25, 0.3) is 0 Å². The molecule has 1 heterocycles. The van der Waals surface area contributed by atoms with Crippen molar-refractivity contribution in [2.24, 2.45) is 0 Å². The number of oxazole rings is 1. The third-order valence-corrected chi connectivity index (χ3v) is 4.55. The van der Waals surface area contributed by atoms with Crippen molar-refractivity contribution in [2.45, 2.75) is 17.9 Å². The van der Waals surface area contributed by atoms with Crippen molar-refractivity contribution in [3.05, 3.63) is 89.6 Å². The summed E-state index contributed by atoms with van der Waals surface area (Å²) in [5.41, 5.74) is 2.98. The van der Waals surface area contributed by atoms with Gasteiger partial charge in [-0.1, -0.05) is 60.7 Å². The highest BCUT2D eigenvalue weighted by atomic mass is 32.2. The average Bonchev–Trinajstić information content (AvgIpc) is 2.96. The standard InChI is InChI=1S/C18H17NO2S/c20-22(13-16-9-5-2-6-10-16)14-17-12-21-18(19-17)11-15-7-3-1-4-8-15/h1-10,12H,11,13-14H2. The summed E-state index contributed by atoms with van der Waals surface area (Å²) in [6.45, 7) is 0. The molecule has 3 aromatic rings. The third kappa shape index (κ3) is 4.15. The Morgan fingerprint density at radius 1 is 0.864 bits per heavy atom. The molecule has 0 N–H and O–H groups in total. The highest BCUT2D eigenvalue weighted by molar-refractivity contribution is 7.83. The van der Waals surface area contributed by atoms with E-state index in [1.807, 2.05) is 60.7 Å². The van der Waals surface area contributed by atoms with Crippen molar-refractivity contribution in [3.8, 4) is 0 Å². The van der Waals surface area contributed by atoms with Gasteiger partial charge in [0, 0.05) is 23.0 Å². The molecule has 0 aliphatic rings. The van der Waals surface area contributed by atoms with Crippen LogP contribution in [0.1, 0.15) is 22.7 Å². The first-order valence-electron chi connectivity index (χ1n) is 7.16. The van der Waals surface area contributed by atoms with Gasteiger partial charge < -0.3 is 4.42 Å². The van der Waals surface area contributed by atoms with E-state index in [0.29, 0.717) is 23.8 Å². The SMILES string of the molecule is O=S(Cc1ccccc1)Cc1coc(Cc2ccccc2)n1. The van der Waals surface area contributed by atoms with Gasteiger partial charge in [0.1, 0.15) is 6.26 Å². The molecule has 0 saturated carbocycles. The molecule has 1 aromatic heterocycles. The summed E-state index contributed by atoms with van der Waals surface area (Å²) in [5.74, 6) is 1.63. The molecule has 0 bridgehead atoms. The Hall–Kier alpha value is -2.20. The molecule has 4 heteroatoms. The average molecular weight is 311 g/mol. The number of rotatable bonds is 6. The largest absolute Gasteiger partial charge is 0.448 e. The molecular weight excluding hydrogens is 294 g/mol. The van der Waals surface area contributed by atoms with E-state index in [1.165, 1.54) is 0 Å². The highest BCUT2D eigenvalue weighted by Gasteiger charge is 2.09. The van der Waals surface area contributed by atoms with Crippen molar-refractivity contribution >= 4 is 10.8 Å². The first kappa shape index (κ1) is 14.7. The van der Waals surface area contributed by atoms with E-state index in [9.17, 15) is 4.21 Å². The summed E-state index contributed by atoms with van der Waals surface area (Å²) in [6, 6.07) is 19.9. The van der Waals surface area contributed by atoms with Crippen molar-refractivity contribution < 1.29 is 8.63 Å². The second-order valence-corrected chi connectivity index (χ2v) is 6.57. The second kappa shape index (κ2) is 7.18. The topological polar surface area (TPSA) is 43.1 Å².